The number of rotatable bonds is 8. The van der Waals surface area contributed by atoms with E-state index in [2.05, 4.69) is 53.4 Å². The second kappa shape index (κ2) is 15.2. The summed E-state index contributed by atoms with van der Waals surface area (Å²) in [4.78, 5) is 33.4. The third-order valence-corrected chi connectivity index (χ3v) is 9.43. The second-order valence-corrected chi connectivity index (χ2v) is 13.1. The maximum absolute atomic E-state index is 7.83. The van der Waals surface area contributed by atoms with E-state index in [0.29, 0.717) is 46.2 Å². The molecule has 0 aliphatic carbocycles. The maximum Gasteiger partial charge on any atom is 0.198 e. The molecule has 0 atom stereocenters. The molecule has 0 N–H and O–H groups in total. The van der Waals surface area contributed by atoms with Crippen molar-refractivity contribution in [2.75, 3.05) is 0 Å². The highest BCUT2D eigenvalue weighted by Crippen LogP contribution is 2.34. The summed E-state index contributed by atoms with van der Waals surface area (Å²) in [5.41, 5.74) is 9.68. The van der Waals surface area contributed by atoms with Crippen LogP contribution in [0.15, 0.2) is 188 Å². The molecule has 262 valence electrons. The fourth-order valence-corrected chi connectivity index (χ4v) is 6.57. The molecule has 0 aliphatic heterocycles. The first kappa shape index (κ1) is 33.9. The first-order valence-corrected chi connectivity index (χ1v) is 18.2. The Labute approximate surface area is 324 Å². The molecular formula is C49H31N7. The Morgan fingerprint density at radius 3 is 1.07 bits per heavy atom. The summed E-state index contributed by atoms with van der Waals surface area (Å²) in [5, 5.41) is 0. The molecule has 7 heteroatoms. The van der Waals surface area contributed by atoms with Gasteiger partial charge < -0.3 is 0 Å². The van der Waals surface area contributed by atoms with Gasteiger partial charge in [-0.05, 0) is 34.4 Å². The van der Waals surface area contributed by atoms with Gasteiger partial charge in [-0.3, -0.25) is 0 Å². The molecule has 7 nitrogen and oxygen atoms in total. The number of hydrogen-bond donors (Lipinski definition) is 0. The number of para-hydroxylation sites is 1. The van der Waals surface area contributed by atoms with Gasteiger partial charge >= 0.3 is 0 Å². The molecule has 0 saturated carbocycles. The van der Waals surface area contributed by atoms with Crippen LogP contribution in [0.1, 0.15) is 0 Å². The predicted octanol–water partition coefficient (Wildman–Crippen LogP) is 11.9. The molecule has 2 heterocycles. The van der Waals surface area contributed by atoms with E-state index in [-0.39, 0.29) is 0 Å². The van der Waals surface area contributed by atoms with Gasteiger partial charge in [0.2, 0.25) is 0 Å². The number of aromatic nitrogens is 6. The van der Waals surface area contributed by atoms with Gasteiger partial charge in [-0.25, -0.2) is 34.7 Å². The standard InChI is InChI=1S/C49H31N7/c1-50-43-26-12-11-25-42(43)49-55-46(37-29-27-34(28-30-37)33-15-5-2-6-16-33)54-48(56-49)41-24-14-22-39(32-41)38-21-13-23-40(31-38)47-52-44(35-17-7-3-8-18-35)51-45(53-47)36-19-9-4-10-20-36/h2-32H. The van der Waals surface area contributed by atoms with Crippen molar-refractivity contribution in [1.82, 2.24) is 29.9 Å². The fourth-order valence-electron chi connectivity index (χ4n) is 6.57. The molecule has 0 saturated heterocycles. The normalized spacial score (nSPS) is 10.8. The van der Waals surface area contributed by atoms with E-state index >= 15 is 0 Å². The summed E-state index contributed by atoms with van der Waals surface area (Å²) in [6.07, 6.45) is 0. The first-order valence-electron chi connectivity index (χ1n) is 18.2. The van der Waals surface area contributed by atoms with Crippen LogP contribution in [0.25, 0.3) is 95.4 Å². The van der Waals surface area contributed by atoms with Gasteiger partial charge in [0, 0.05) is 33.4 Å². The fraction of sp³-hybridized carbons (Fsp3) is 0. The van der Waals surface area contributed by atoms with Crippen LogP contribution in [-0.4, -0.2) is 29.9 Å². The van der Waals surface area contributed by atoms with Crippen molar-refractivity contribution in [3.05, 3.63) is 199 Å². The van der Waals surface area contributed by atoms with Crippen LogP contribution in [0.4, 0.5) is 5.69 Å². The minimum atomic E-state index is 0.439. The first-order chi connectivity index (χ1) is 27.7. The topological polar surface area (TPSA) is 81.7 Å². The zero-order chi connectivity index (χ0) is 37.7. The van der Waals surface area contributed by atoms with E-state index in [9.17, 15) is 0 Å². The number of hydrogen-bond acceptors (Lipinski definition) is 6. The zero-order valence-electron chi connectivity index (χ0n) is 30.0. The smallest absolute Gasteiger partial charge is 0.198 e. The summed E-state index contributed by atoms with van der Waals surface area (Å²) >= 11 is 0. The largest absolute Gasteiger partial charge is 0.237 e. The van der Waals surface area contributed by atoms with Crippen molar-refractivity contribution in [1.29, 1.82) is 0 Å². The van der Waals surface area contributed by atoms with Crippen molar-refractivity contribution >= 4 is 5.69 Å². The van der Waals surface area contributed by atoms with Crippen LogP contribution in [-0.2, 0) is 0 Å². The SMILES string of the molecule is [C-]#[N+]c1ccccc1-c1nc(-c2ccc(-c3ccccc3)cc2)nc(-c2cccc(-c3cccc(-c4nc(-c5ccccc5)nc(-c5ccccc5)n4)c3)c2)n1. The van der Waals surface area contributed by atoms with Crippen LogP contribution in [0.5, 0.6) is 0 Å². The van der Waals surface area contributed by atoms with Gasteiger partial charge in [-0.15, -0.1) is 0 Å². The summed E-state index contributed by atoms with van der Waals surface area (Å²) in [5.74, 6) is 3.27. The second-order valence-electron chi connectivity index (χ2n) is 13.1. The van der Waals surface area contributed by atoms with Crippen molar-refractivity contribution in [3.63, 3.8) is 0 Å². The minimum Gasteiger partial charge on any atom is -0.237 e. The Morgan fingerprint density at radius 2 is 0.589 bits per heavy atom. The van der Waals surface area contributed by atoms with Crippen molar-refractivity contribution in [2.24, 2.45) is 0 Å². The minimum absolute atomic E-state index is 0.439. The molecule has 0 fully saturated rings. The van der Waals surface area contributed by atoms with E-state index in [1.54, 1.807) is 6.07 Å². The molecule has 0 radical (unpaired) electrons. The van der Waals surface area contributed by atoms with Crippen LogP contribution in [0.3, 0.4) is 0 Å². The number of nitrogens with zero attached hydrogens (tertiary/aromatic N) is 7. The van der Waals surface area contributed by atoms with Crippen LogP contribution in [0.2, 0.25) is 0 Å². The van der Waals surface area contributed by atoms with Crippen LogP contribution in [0, 0.1) is 6.57 Å². The molecule has 0 aliphatic rings. The van der Waals surface area contributed by atoms with E-state index in [0.717, 1.165) is 50.1 Å². The van der Waals surface area contributed by atoms with Gasteiger partial charge in [0.25, 0.3) is 0 Å². The Kier molecular flexibility index (Phi) is 9.18. The van der Waals surface area contributed by atoms with Crippen LogP contribution >= 0.6 is 0 Å². The molecule has 0 amide bonds. The summed E-state index contributed by atoms with van der Waals surface area (Å²) < 4.78 is 0. The van der Waals surface area contributed by atoms with Crippen molar-refractivity contribution in [2.45, 2.75) is 0 Å². The third-order valence-electron chi connectivity index (χ3n) is 9.43. The van der Waals surface area contributed by atoms with E-state index < -0.39 is 0 Å². The molecule has 56 heavy (non-hydrogen) atoms. The average molecular weight is 718 g/mol. The zero-order valence-corrected chi connectivity index (χ0v) is 30.0. The molecule has 7 aromatic carbocycles. The molecule has 0 spiro atoms. The summed E-state index contributed by atoms with van der Waals surface area (Å²) in [6.45, 7) is 7.83. The lowest BCUT2D eigenvalue weighted by Crippen LogP contribution is -2.00. The Bertz CT molecular complexity index is 2790. The quantitative estimate of drug-likeness (QED) is 0.146. The van der Waals surface area contributed by atoms with E-state index in [1.807, 2.05) is 133 Å². The van der Waals surface area contributed by atoms with Gasteiger partial charge in [0.1, 0.15) is 0 Å². The maximum atomic E-state index is 7.83. The Hall–Kier alpha value is -7.95. The highest BCUT2D eigenvalue weighted by molar-refractivity contribution is 5.79. The highest BCUT2D eigenvalue weighted by atomic mass is 15.0. The molecule has 0 unspecified atom stereocenters. The van der Waals surface area contributed by atoms with Gasteiger partial charge in [0.05, 0.1) is 6.57 Å². The van der Waals surface area contributed by atoms with Gasteiger partial charge in [-0.1, -0.05) is 176 Å². The monoisotopic (exact) mass is 717 g/mol. The summed E-state index contributed by atoms with van der Waals surface area (Å²) in [6, 6.07) is 62.2. The van der Waals surface area contributed by atoms with E-state index in [1.165, 1.54) is 0 Å². The molecule has 9 aromatic rings. The number of benzene rings is 7. The van der Waals surface area contributed by atoms with Crippen molar-refractivity contribution in [3.8, 4) is 90.6 Å². The lowest BCUT2D eigenvalue weighted by Gasteiger charge is -2.11. The predicted molar refractivity (Wildman–Crippen MR) is 223 cm³/mol. The van der Waals surface area contributed by atoms with E-state index in [4.69, 9.17) is 36.5 Å². The summed E-state index contributed by atoms with van der Waals surface area (Å²) in [7, 11) is 0. The molecule has 9 rings (SSSR count). The highest BCUT2D eigenvalue weighted by Gasteiger charge is 2.17. The lowest BCUT2D eigenvalue weighted by atomic mass is 10.0. The Morgan fingerprint density at radius 1 is 0.268 bits per heavy atom. The molecule has 0 bridgehead atoms. The lowest BCUT2D eigenvalue weighted by molar-refractivity contribution is 1.07. The van der Waals surface area contributed by atoms with Crippen LogP contribution < -0.4 is 0 Å². The van der Waals surface area contributed by atoms with Gasteiger partial charge in [-0.2, -0.15) is 0 Å². The molecule has 2 aromatic heterocycles. The van der Waals surface area contributed by atoms with Crippen molar-refractivity contribution < 1.29 is 0 Å². The molecular weight excluding hydrogens is 687 g/mol. The van der Waals surface area contributed by atoms with Gasteiger partial charge in [0.15, 0.2) is 40.6 Å². The third kappa shape index (κ3) is 7.06. The average Bonchev–Trinajstić information content (AvgIpc) is 3.29. The Balaban J connectivity index is 1.12.